The molecule has 112 valence electrons. The van der Waals surface area contributed by atoms with E-state index < -0.39 is 0 Å². The van der Waals surface area contributed by atoms with Crippen molar-refractivity contribution in [2.45, 2.75) is 72.8 Å². The normalized spacial score (nSPS) is 18.5. The highest BCUT2D eigenvalue weighted by Crippen LogP contribution is 2.29. The van der Waals surface area contributed by atoms with Crippen molar-refractivity contribution >= 4 is 6.09 Å². The van der Waals surface area contributed by atoms with Crippen molar-refractivity contribution in [2.24, 2.45) is 11.3 Å². The van der Waals surface area contributed by atoms with Gasteiger partial charge in [0, 0.05) is 13.1 Å². The number of nitrogens with zero attached hydrogens (tertiary/aromatic N) is 1. The fourth-order valence-corrected chi connectivity index (χ4v) is 2.37. The molecule has 0 bridgehead atoms. The molecule has 1 heterocycles. The van der Waals surface area contributed by atoms with Crippen molar-refractivity contribution in [1.82, 2.24) is 4.90 Å². The summed E-state index contributed by atoms with van der Waals surface area (Å²) in [5.41, 5.74) is 0.0302. The van der Waals surface area contributed by atoms with Crippen molar-refractivity contribution < 1.29 is 9.53 Å². The van der Waals surface area contributed by atoms with Crippen LogP contribution in [0, 0.1) is 11.3 Å². The van der Waals surface area contributed by atoms with E-state index in [-0.39, 0.29) is 11.7 Å². The maximum absolute atomic E-state index is 11.9. The number of piperidine rings is 1. The van der Waals surface area contributed by atoms with Gasteiger partial charge in [0.2, 0.25) is 0 Å². The van der Waals surface area contributed by atoms with Gasteiger partial charge >= 0.3 is 6.09 Å². The number of rotatable bonds is 2. The first kappa shape index (κ1) is 16.3. The van der Waals surface area contributed by atoms with Crippen LogP contribution < -0.4 is 0 Å². The molecule has 0 atom stereocenters. The van der Waals surface area contributed by atoms with Crippen molar-refractivity contribution in [3.63, 3.8) is 0 Å². The number of hydrogen-bond acceptors (Lipinski definition) is 2. The fraction of sp³-hybridized carbons (Fsp3) is 0.938. The summed E-state index contributed by atoms with van der Waals surface area (Å²) < 4.78 is 5.41. The van der Waals surface area contributed by atoms with Crippen LogP contribution in [0.1, 0.15) is 67.2 Å². The van der Waals surface area contributed by atoms with Crippen LogP contribution in [0.5, 0.6) is 0 Å². The molecular weight excluding hydrogens is 238 g/mol. The zero-order chi connectivity index (χ0) is 14.7. The predicted molar refractivity (Wildman–Crippen MR) is 79.2 cm³/mol. The lowest BCUT2D eigenvalue weighted by Crippen LogP contribution is -2.41. The minimum absolute atomic E-state index is 0.151. The lowest BCUT2D eigenvalue weighted by atomic mass is 9.83. The Hall–Kier alpha value is -0.730. The van der Waals surface area contributed by atoms with Crippen LogP contribution in [-0.4, -0.2) is 29.7 Å². The fourth-order valence-electron chi connectivity index (χ4n) is 2.37. The highest BCUT2D eigenvalue weighted by molar-refractivity contribution is 5.68. The third-order valence-electron chi connectivity index (χ3n) is 3.57. The standard InChI is InChI=1S/C16H31NO2/c1-15(2,3)10-7-13-8-11-17(12-9-13)14(18)19-16(4,5)6/h13H,7-12H2,1-6H3. The average molecular weight is 269 g/mol. The van der Waals surface area contributed by atoms with Gasteiger partial charge < -0.3 is 9.64 Å². The van der Waals surface area contributed by atoms with E-state index in [1.165, 1.54) is 12.8 Å². The summed E-state index contributed by atoms with van der Waals surface area (Å²) >= 11 is 0. The Bertz CT molecular complexity index is 291. The lowest BCUT2D eigenvalue weighted by Gasteiger charge is -2.34. The zero-order valence-electron chi connectivity index (χ0n) is 13.6. The molecule has 0 aromatic heterocycles. The second kappa shape index (κ2) is 6.15. The van der Waals surface area contributed by atoms with Crippen LogP contribution in [0.3, 0.4) is 0 Å². The second-order valence-corrected chi connectivity index (χ2v) is 8.01. The smallest absolute Gasteiger partial charge is 0.410 e. The van der Waals surface area contributed by atoms with Gasteiger partial charge in [-0.05, 0) is 57.8 Å². The van der Waals surface area contributed by atoms with Crippen LogP contribution in [0.25, 0.3) is 0 Å². The van der Waals surface area contributed by atoms with Crippen molar-refractivity contribution in [1.29, 1.82) is 0 Å². The molecule has 19 heavy (non-hydrogen) atoms. The first-order chi connectivity index (χ1) is 8.57. The summed E-state index contributed by atoms with van der Waals surface area (Å²) in [5.74, 6) is 0.776. The number of ether oxygens (including phenoxy) is 1. The molecule has 3 heteroatoms. The van der Waals surface area contributed by atoms with Gasteiger partial charge in [-0.1, -0.05) is 20.8 Å². The van der Waals surface area contributed by atoms with Crippen LogP contribution in [0.4, 0.5) is 4.79 Å². The zero-order valence-corrected chi connectivity index (χ0v) is 13.6. The summed E-state index contributed by atoms with van der Waals surface area (Å²) in [5, 5.41) is 0. The van der Waals surface area contributed by atoms with Crippen LogP contribution in [0.15, 0.2) is 0 Å². The molecule has 1 aliphatic rings. The first-order valence-corrected chi connectivity index (χ1v) is 7.55. The molecule has 1 saturated heterocycles. The van der Waals surface area contributed by atoms with E-state index in [2.05, 4.69) is 20.8 Å². The Morgan fingerprint density at radius 3 is 2.05 bits per heavy atom. The molecule has 0 spiro atoms. The topological polar surface area (TPSA) is 29.5 Å². The summed E-state index contributed by atoms with van der Waals surface area (Å²) in [6.07, 6.45) is 4.64. The summed E-state index contributed by atoms with van der Waals surface area (Å²) in [7, 11) is 0. The van der Waals surface area contributed by atoms with Gasteiger partial charge in [0.25, 0.3) is 0 Å². The highest BCUT2D eigenvalue weighted by Gasteiger charge is 2.27. The monoisotopic (exact) mass is 269 g/mol. The number of likely N-dealkylation sites (tertiary alicyclic amines) is 1. The predicted octanol–water partition coefficient (Wildman–Crippen LogP) is 4.46. The Balaban J connectivity index is 2.31. The van der Waals surface area contributed by atoms with Crippen molar-refractivity contribution in [3.8, 4) is 0 Å². The molecule has 1 fully saturated rings. The molecule has 0 radical (unpaired) electrons. The molecule has 3 nitrogen and oxygen atoms in total. The molecule has 0 saturated carbocycles. The van der Waals surface area contributed by atoms with Crippen LogP contribution in [-0.2, 0) is 4.74 Å². The number of carbonyl (C=O) groups is 1. The minimum Gasteiger partial charge on any atom is -0.444 e. The number of carbonyl (C=O) groups excluding carboxylic acids is 1. The molecule has 0 N–H and O–H groups in total. The summed E-state index contributed by atoms with van der Waals surface area (Å²) in [6.45, 7) is 14.3. The van der Waals surface area contributed by atoms with Gasteiger partial charge in [0.15, 0.2) is 0 Å². The van der Waals surface area contributed by atoms with E-state index in [9.17, 15) is 4.79 Å². The van der Waals surface area contributed by atoms with Gasteiger partial charge in [-0.2, -0.15) is 0 Å². The maximum Gasteiger partial charge on any atom is 0.410 e. The van der Waals surface area contributed by atoms with Gasteiger partial charge in [-0.15, -0.1) is 0 Å². The lowest BCUT2D eigenvalue weighted by molar-refractivity contribution is 0.0177. The van der Waals surface area contributed by atoms with E-state index in [0.29, 0.717) is 5.41 Å². The first-order valence-electron chi connectivity index (χ1n) is 7.55. The highest BCUT2D eigenvalue weighted by atomic mass is 16.6. The number of amides is 1. The van der Waals surface area contributed by atoms with Crippen molar-refractivity contribution in [3.05, 3.63) is 0 Å². The molecule has 1 rings (SSSR count). The quantitative estimate of drug-likeness (QED) is 0.740. The third kappa shape index (κ3) is 6.84. The molecule has 0 aromatic rings. The molecular formula is C16H31NO2. The second-order valence-electron chi connectivity index (χ2n) is 8.01. The van der Waals surface area contributed by atoms with Crippen molar-refractivity contribution in [2.75, 3.05) is 13.1 Å². The largest absolute Gasteiger partial charge is 0.444 e. The van der Waals surface area contributed by atoms with E-state index in [4.69, 9.17) is 4.74 Å². The Kier molecular flexibility index (Phi) is 5.28. The van der Waals surface area contributed by atoms with E-state index in [0.717, 1.165) is 31.8 Å². The van der Waals surface area contributed by atoms with Crippen LogP contribution in [0.2, 0.25) is 0 Å². The Morgan fingerprint density at radius 1 is 1.11 bits per heavy atom. The summed E-state index contributed by atoms with van der Waals surface area (Å²) in [6, 6.07) is 0. The van der Waals surface area contributed by atoms with Gasteiger partial charge in [0.05, 0.1) is 0 Å². The van der Waals surface area contributed by atoms with Gasteiger partial charge in [-0.25, -0.2) is 4.79 Å². The number of hydrogen-bond donors (Lipinski definition) is 0. The van der Waals surface area contributed by atoms with E-state index in [1.54, 1.807) is 0 Å². The summed E-state index contributed by atoms with van der Waals surface area (Å²) in [4.78, 5) is 13.8. The van der Waals surface area contributed by atoms with E-state index >= 15 is 0 Å². The van der Waals surface area contributed by atoms with E-state index in [1.807, 2.05) is 25.7 Å². The van der Waals surface area contributed by atoms with Gasteiger partial charge in [-0.3, -0.25) is 0 Å². The maximum atomic E-state index is 11.9. The average Bonchev–Trinajstić information content (AvgIpc) is 2.23. The SMILES string of the molecule is CC(C)(C)CCC1CCN(C(=O)OC(C)(C)C)CC1. The third-order valence-corrected chi connectivity index (χ3v) is 3.57. The molecule has 1 aliphatic heterocycles. The molecule has 0 aromatic carbocycles. The molecule has 0 aliphatic carbocycles. The Labute approximate surface area is 118 Å². The van der Waals surface area contributed by atoms with Gasteiger partial charge in [0.1, 0.15) is 5.60 Å². The molecule has 1 amide bonds. The minimum atomic E-state index is -0.389. The molecule has 0 unspecified atom stereocenters. The Morgan fingerprint density at radius 2 is 1.63 bits per heavy atom. The van der Waals surface area contributed by atoms with Crippen LogP contribution >= 0.6 is 0 Å².